The van der Waals surface area contributed by atoms with E-state index in [9.17, 15) is 21.6 Å². The maximum atomic E-state index is 13.1. The van der Waals surface area contributed by atoms with Crippen molar-refractivity contribution in [3.8, 4) is 5.75 Å². The average molecular weight is 348 g/mol. The summed E-state index contributed by atoms with van der Waals surface area (Å²) in [5, 5.41) is 0. The molecule has 23 heavy (non-hydrogen) atoms. The second-order valence-electron chi connectivity index (χ2n) is 4.29. The molecule has 1 heterocycles. The van der Waals surface area contributed by atoms with Crippen LogP contribution < -0.4 is 15.2 Å². The van der Waals surface area contributed by atoms with E-state index in [2.05, 4.69) is 9.97 Å². The number of anilines is 2. The van der Waals surface area contributed by atoms with Crippen LogP contribution in [0.15, 0.2) is 35.5 Å². The number of nitrogen functional groups attached to an aromatic ring is 1. The van der Waals surface area contributed by atoms with E-state index < -0.39 is 32.3 Å². The van der Waals surface area contributed by atoms with Crippen molar-refractivity contribution < 1.29 is 26.3 Å². The minimum Gasteiger partial charge on any atom is -0.497 e. The molecular weight excluding hydrogens is 337 g/mol. The van der Waals surface area contributed by atoms with Crippen LogP contribution in [0.3, 0.4) is 0 Å². The Morgan fingerprint density at radius 2 is 1.83 bits per heavy atom. The summed E-state index contributed by atoms with van der Waals surface area (Å²) < 4.78 is 70.0. The van der Waals surface area contributed by atoms with Gasteiger partial charge >= 0.3 is 6.18 Å². The van der Waals surface area contributed by atoms with E-state index in [1.54, 1.807) is 0 Å². The fourth-order valence-corrected chi connectivity index (χ4v) is 2.61. The van der Waals surface area contributed by atoms with Crippen LogP contribution in [-0.2, 0) is 16.2 Å². The highest BCUT2D eigenvalue weighted by atomic mass is 32.2. The fraction of sp³-hybridized carbons (Fsp3) is 0.167. The standard InChI is InChI=1S/C12H11F3N4O3S/c1-22-7-2-3-10(9(4-7)12(13,14)15)19-23(20,21)8-5-17-11(16)18-6-8/h2-6,19H,1H3,(H2,16,17,18). The Hall–Kier alpha value is -2.56. The lowest BCUT2D eigenvalue weighted by Crippen LogP contribution is -2.18. The van der Waals surface area contributed by atoms with Gasteiger partial charge in [-0.2, -0.15) is 13.2 Å². The fourth-order valence-electron chi connectivity index (χ4n) is 1.64. The third-order valence-corrected chi connectivity index (χ3v) is 4.05. The summed E-state index contributed by atoms with van der Waals surface area (Å²) in [6, 6.07) is 2.85. The van der Waals surface area contributed by atoms with Crippen LogP contribution >= 0.6 is 0 Å². The first-order valence-corrected chi connectivity index (χ1v) is 7.47. The smallest absolute Gasteiger partial charge is 0.418 e. The Morgan fingerprint density at radius 3 is 2.35 bits per heavy atom. The number of aromatic nitrogens is 2. The molecule has 124 valence electrons. The Bertz CT molecular complexity index is 807. The van der Waals surface area contributed by atoms with Crippen molar-refractivity contribution in [2.45, 2.75) is 11.1 Å². The number of ether oxygens (including phenoxy) is 1. The average Bonchev–Trinajstić information content (AvgIpc) is 2.46. The number of nitrogens with two attached hydrogens (primary N) is 1. The summed E-state index contributed by atoms with van der Waals surface area (Å²) in [6.07, 6.45) is -2.99. The van der Waals surface area contributed by atoms with E-state index in [0.717, 1.165) is 18.5 Å². The Balaban J connectivity index is 2.45. The van der Waals surface area contributed by atoms with Gasteiger partial charge in [-0.25, -0.2) is 18.4 Å². The second-order valence-corrected chi connectivity index (χ2v) is 5.97. The van der Waals surface area contributed by atoms with Gasteiger partial charge in [-0.15, -0.1) is 0 Å². The number of sulfonamides is 1. The van der Waals surface area contributed by atoms with Gasteiger partial charge in [-0.05, 0) is 18.2 Å². The summed E-state index contributed by atoms with van der Waals surface area (Å²) in [4.78, 5) is 6.56. The first-order valence-electron chi connectivity index (χ1n) is 5.99. The first-order chi connectivity index (χ1) is 10.6. The monoisotopic (exact) mass is 348 g/mol. The molecular formula is C12H11F3N4O3S. The summed E-state index contributed by atoms with van der Waals surface area (Å²) in [7, 11) is -3.10. The molecule has 7 nitrogen and oxygen atoms in total. The zero-order valence-electron chi connectivity index (χ0n) is 11.6. The van der Waals surface area contributed by atoms with Gasteiger partial charge in [0.15, 0.2) is 0 Å². The van der Waals surface area contributed by atoms with E-state index >= 15 is 0 Å². The third-order valence-electron chi connectivity index (χ3n) is 2.73. The van der Waals surface area contributed by atoms with Crippen molar-refractivity contribution in [2.75, 3.05) is 17.6 Å². The minimum absolute atomic E-state index is 0.0592. The largest absolute Gasteiger partial charge is 0.497 e. The lowest BCUT2D eigenvalue weighted by molar-refractivity contribution is -0.137. The van der Waals surface area contributed by atoms with Gasteiger partial charge < -0.3 is 10.5 Å². The number of rotatable bonds is 4. The molecule has 0 atom stereocenters. The van der Waals surface area contributed by atoms with Crippen molar-refractivity contribution in [3.63, 3.8) is 0 Å². The zero-order valence-corrected chi connectivity index (χ0v) is 12.4. The highest BCUT2D eigenvalue weighted by Crippen LogP contribution is 2.37. The number of halogens is 3. The van der Waals surface area contributed by atoms with Crippen molar-refractivity contribution in [1.82, 2.24) is 9.97 Å². The highest BCUT2D eigenvalue weighted by Gasteiger charge is 2.35. The summed E-state index contributed by atoms with van der Waals surface area (Å²) in [6.45, 7) is 0. The maximum Gasteiger partial charge on any atom is 0.418 e. The second kappa shape index (κ2) is 5.91. The maximum absolute atomic E-state index is 13.1. The van der Waals surface area contributed by atoms with Crippen LogP contribution in [0.2, 0.25) is 0 Å². The number of hydrogen-bond donors (Lipinski definition) is 2. The molecule has 0 unspecified atom stereocenters. The lowest BCUT2D eigenvalue weighted by atomic mass is 10.1. The molecule has 0 fully saturated rings. The molecule has 2 rings (SSSR count). The molecule has 1 aromatic carbocycles. The molecule has 0 aliphatic heterocycles. The number of alkyl halides is 3. The van der Waals surface area contributed by atoms with Gasteiger partial charge in [-0.3, -0.25) is 4.72 Å². The van der Waals surface area contributed by atoms with Gasteiger partial charge in [0.25, 0.3) is 10.0 Å². The number of nitrogens with one attached hydrogen (secondary N) is 1. The van der Waals surface area contributed by atoms with E-state index in [1.807, 2.05) is 4.72 Å². The SMILES string of the molecule is COc1ccc(NS(=O)(=O)c2cnc(N)nc2)c(C(F)(F)F)c1. The number of benzene rings is 1. The topological polar surface area (TPSA) is 107 Å². The molecule has 0 aliphatic carbocycles. The van der Waals surface area contributed by atoms with E-state index in [0.29, 0.717) is 6.07 Å². The van der Waals surface area contributed by atoms with E-state index in [-0.39, 0.29) is 11.7 Å². The van der Waals surface area contributed by atoms with E-state index in [1.165, 1.54) is 13.2 Å². The number of methoxy groups -OCH3 is 1. The highest BCUT2D eigenvalue weighted by molar-refractivity contribution is 7.92. The summed E-state index contributed by atoms with van der Waals surface area (Å²) in [5.41, 5.74) is 3.41. The van der Waals surface area contributed by atoms with Gasteiger partial charge in [0, 0.05) is 0 Å². The third kappa shape index (κ3) is 3.80. The molecule has 0 aliphatic rings. The Labute approximate surface area is 129 Å². The van der Waals surface area contributed by atoms with Crippen LogP contribution in [0.5, 0.6) is 5.75 Å². The van der Waals surface area contributed by atoms with Gasteiger partial charge in [-0.1, -0.05) is 0 Å². The van der Waals surface area contributed by atoms with Crippen LogP contribution in [0.25, 0.3) is 0 Å². The Kier molecular flexibility index (Phi) is 4.32. The predicted octanol–water partition coefficient (Wildman–Crippen LogP) is 1.89. The van der Waals surface area contributed by atoms with Crippen LogP contribution in [-0.4, -0.2) is 25.5 Å². The molecule has 0 spiro atoms. The van der Waals surface area contributed by atoms with Crippen molar-refractivity contribution in [2.24, 2.45) is 0 Å². The van der Waals surface area contributed by atoms with Crippen molar-refractivity contribution >= 4 is 21.7 Å². The molecule has 3 N–H and O–H groups in total. The molecule has 1 aromatic heterocycles. The molecule has 0 saturated heterocycles. The zero-order chi connectivity index (χ0) is 17.3. The van der Waals surface area contributed by atoms with Crippen molar-refractivity contribution in [3.05, 3.63) is 36.2 Å². The number of nitrogens with zero attached hydrogens (tertiary/aromatic N) is 2. The van der Waals surface area contributed by atoms with Gasteiger partial charge in [0.1, 0.15) is 10.6 Å². The van der Waals surface area contributed by atoms with Gasteiger partial charge in [0.05, 0.1) is 30.8 Å². The summed E-state index contributed by atoms with van der Waals surface area (Å²) in [5.74, 6) is -0.222. The molecule has 2 aromatic rings. The van der Waals surface area contributed by atoms with Gasteiger partial charge in [0.2, 0.25) is 5.95 Å². The Morgan fingerprint density at radius 1 is 1.22 bits per heavy atom. The molecule has 0 amide bonds. The lowest BCUT2D eigenvalue weighted by Gasteiger charge is -2.15. The first kappa shape index (κ1) is 16.8. The normalized spacial score (nSPS) is 12.0. The van der Waals surface area contributed by atoms with Crippen LogP contribution in [0.1, 0.15) is 5.56 Å². The predicted molar refractivity (Wildman–Crippen MR) is 75.2 cm³/mol. The van der Waals surface area contributed by atoms with Crippen LogP contribution in [0.4, 0.5) is 24.8 Å². The quantitative estimate of drug-likeness (QED) is 0.874. The molecule has 0 radical (unpaired) electrons. The molecule has 0 saturated carbocycles. The number of hydrogen-bond acceptors (Lipinski definition) is 6. The molecule has 11 heteroatoms. The van der Waals surface area contributed by atoms with Crippen LogP contribution in [0, 0.1) is 0 Å². The van der Waals surface area contributed by atoms with E-state index in [4.69, 9.17) is 10.5 Å². The minimum atomic E-state index is -4.77. The van der Waals surface area contributed by atoms with Crippen molar-refractivity contribution in [1.29, 1.82) is 0 Å². The summed E-state index contributed by atoms with van der Waals surface area (Å²) >= 11 is 0. The molecule has 0 bridgehead atoms.